The fraction of sp³-hybridized carbons (Fsp3) is 0.375. The molecule has 110 valence electrons. The monoisotopic (exact) mass is 284 g/mol. The molecule has 2 aromatic rings. The van der Waals surface area contributed by atoms with Crippen LogP contribution in [0.15, 0.2) is 36.7 Å². The number of hydrogen-bond donors (Lipinski definition) is 2. The number of hydrogen-bond acceptors (Lipinski definition) is 3. The minimum absolute atomic E-state index is 0.0683. The lowest BCUT2D eigenvalue weighted by molar-refractivity contribution is -0.122. The number of fused-ring (bicyclic) bond motifs is 1. The fourth-order valence-corrected chi connectivity index (χ4v) is 2.69. The standard InChI is InChI=1S/C16H20N4O/c1-20-11-10-17-15(20)8-9-18-16(21)14-7-6-12-4-2-3-5-13(12)19-14/h2-5,10-11,14,19H,6-9H2,1H3,(H,18,21). The van der Waals surface area contributed by atoms with Crippen LogP contribution >= 0.6 is 0 Å². The van der Waals surface area contributed by atoms with Gasteiger partial charge in [0.2, 0.25) is 5.91 Å². The molecule has 1 amide bonds. The van der Waals surface area contributed by atoms with Crippen LogP contribution in [0.5, 0.6) is 0 Å². The Hall–Kier alpha value is -2.30. The lowest BCUT2D eigenvalue weighted by Crippen LogP contribution is -2.42. The normalized spacial score (nSPS) is 16.9. The van der Waals surface area contributed by atoms with Crippen LogP contribution in [0.25, 0.3) is 0 Å². The van der Waals surface area contributed by atoms with E-state index >= 15 is 0 Å². The quantitative estimate of drug-likeness (QED) is 0.894. The van der Waals surface area contributed by atoms with Crippen molar-refractivity contribution < 1.29 is 4.79 Å². The molecule has 3 rings (SSSR count). The SMILES string of the molecule is Cn1ccnc1CCNC(=O)C1CCc2ccccc2N1. The number of para-hydroxylation sites is 1. The van der Waals surface area contributed by atoms with Gasteiger partial charge in [-0.2, -0.15) is 0 Å². The molecule has 0 bridgehead atoms. The summed E-state index contributed by atoms with van der Waals surface area (Å²) in [6.45, 7) is 0.615. The molecule has 1 aromatic carbocycles. The lowest BCUT2D eigenvalue weighted by atomic mass is 9.98. The van der Waals surface area contributed by atoms with Gasteiger partial charge in [-0.05, 0) is 24.5 Å². The second-order valence-corrected chi connectivity index (χ2v) is 5.39. The third-order valence-corrected chi connectivity index (χ3v) is 3.93. The lowest BCUT2D eigenvalue weighted by Gasteiger charge is -2.26. The van der Waals surface area contributed by atoms with E-state index in [1.54, 1.807) is 6.20 Å². The van der Waals surface area contributed by atoms with Crippen LogP contribution in [-0.2, 0) is 24.7 Å². The summed E-state index contributed by atoms with van der Waals surface area (Å²) in [6.07, 6.45) is 6.22. The van der Waals surface area contributed by atoms with Gasteiger partial charge in [0.15, 0.2) is 0 Å². The summed E-state index contributed by atoms with van der Waals surface area (Å²) < 4.78 is 1.97. The zero-order chi connectivity index (χ0) is 14.7. The first-order valence-electron chi connectivity index (χ1n) is 7.32. The predicted molar refractivity (Wildman–Crippen MR) is 82.1 cm³/mol. The van der Waals surface area contributed by atoms with Gasteiger partial charge in [-0.15, -0.1) is 0 Å². The van der Waals surface area contributed by atoms with Crippen molar-refractivity contribution in [2.75, 3.05) is 11.9 Å². The number of anilines is 1. The highest BCUT2D eigenvalue weighted by Gasteiger charge is 2.23. The van der Waals surface area contributed by atoms with Gasteiger partial charge in [0.05, 0.1) is 0 Å². The number of amides is 1. The van der Waals surface area contributed by atoms with Crippen LogP contribution in [-0.4, -0.2) is 28.0 Å². The molecule has 0 aliphatic carbocycles. The molecule has 21 heavy (non-hydrogen) atoms. The first kappa shape index (κ1) is 13.7. The van der Waals surface area contributed by atoms with Crippen LogP contribution in [0.1, 0.15) is 17.8 Å². The molecule has 1 aromatic heterocycles. The van der Waals surface area contributed by atoms with Gasteiger partial charge in [0.1, 0.15) is 11.9 Å². The molecular weight excluding hydrogens is 264 g/mol. The molecule has 0 spiro atoms. The third kappa shape index (κ3) is 3.07. The van der Waals surface area contributed by atoms with E-state index in [-0.39, 0.29) is 11.9 Å². The number of imidazole rings is 1. The van der Waals surface area contributed by atoms with Crippen molar-refractivity contribution in [1.82, 2.24) is 14.9 Å². The van der Waals surface area contributed by atoms with Gasteiger partial charge in [-0.25, -0.2) is 4.98 Å². The maximum atomic E-state index is 12.2. The van der Waals surface area contributed by atoms with Crippen molar-refractivity contribution in [3.63, 3.8) is 0 Å². The predicted octanol–water partition coefficient (Wildman–Crippen LogP) is 1.51. The van der Waals surface area contributed by atoms with Crippen molar-refractivity contribution in [1.29, 1.82) is 0 Å². The zero-order valence-corrected chi connectivity index (χ0v) is 12.2. The number of rotatable bonds is 4. The Labute approximate surface area is 124 Å². The van der Waals surface area contributed by atoms with Gasteiger partial charge in [0.25, 0.3) is 0 Å². The molecule has 0 saturated carbocycles. The molecule has 0 radical (unpaired) electrons. The topological polar surface area (TPSA) is 59.0 Å². The molecule has 0 saturated heterocycles. The van der Waals surface area contributed by atoms with Crippen molar-refractivity contribution in [3.8, 4) is 0 Å². The van der Waals surface area contributed by atoms with Crippen molar-refractivity contribution >= 4 is 11.6 Å². The molecule has 1 unspecified atom stereocenters. The maximum Gasteiger partial charge on any atom is 0.242 e. The smallest absolute Gasteiger partial charge is 0.242 e. The average molecular weight is 284 g/mol. The maximum absolute atomic E-state index is 12.2. The van der Waals surface area contributed by atoms with Crippen LogP contribution in [0.2, 0.25) is 0 Å². The number of benzene rings is 1. The minimum atomic E-state index is -0.138. The number of carbonyl (C=O) groups is 1. The van der Waals surface area contributed by atoms with Crippen molar-refractivity contribution in [3.05, 3.63) is 48.0 Å². The minimum Gasteiger partial charge on any atom is -0.373 e. The summed E-state index contributed by atoms with van der Waals surface area (Å²) in [5.74, 6) is 1.05. The third-order valence-electron chi connectivity index (χ3n) is 3.93. The summed E-state index contributed by atoms with van der Waals surface area (Å²) in [5.41, 5.74) is 2.36. The average Bonchev–Trinajstić information content (AvgIpc) is 2.92. The molecule has 2 N–H and O–H groups in total. The van der Waals surface area contributed by atoms with Crippen LogP contribution in [0.4, 0.5) is 5.69 Å². The van der Waals surface area contributed by atoms with Gasteiger partial charge in [0, 0.05) is 38.1 Å². The molecule has 1 aliphatic rings. The molecule has 5 heteroatoms. The van der Waals surface area contributed by atoms with Crippen molar-refractivity contribution in [2.24, 2.45) is 7.05 Å². The Morgan fingerprint density at radius 3 is 3.14 bits per heavy atom. The number of nitrogens with zero attached hydrogens (tertiary/aromatic N) is 2. The molecule has 1 aliphatic heterocycles. The Kier molecular flexibility index (Phi) is 3.90. The summed E-state index contributed by atoms with van der Waals surface area (Å²) in [4.78, 5) is 16.5. The molecule has 0 fully saturated rings. The van der Waals surface area contributed by atoms with Crippen LogP contribution in [0, 0.1) is 0 Å². The van der Waals surface area contributed by atoms with E-state index in [1.807, 2.05) is 36.0 Å². The first-order valence-corrected chi connectivity index (χ1v) is 7.32. The zero-order valence-electron chi connectivity index (χ0n) is 12.2. The Bertz CT molecular complexity index is 635. The van der Waals surface area contributed by atoms with E-state index in [0.717, 1.165) is 30.8 Å². The Balaban J connectivity index is 1.52. The highest BCUT2D eigenvalue weighted by atomic mass is 16.2. The van der Waals surface area contributed by atoms with E-state index in [0.29, 0.717) is 6.54 Å². The highest BCUT2D eigenvalue weighted by Crippen LogP contribution is 2.24. The Morgan fingerprint density at radius 2 is 2.33 bits per heavy atom. The van der Waals surface area contributed by atoms with Gasteiger partial charge in [-0.3, -0.25) is 4.79 Å². The van der Waals surface area contributed by atoms with Crippen LogP contribution in [0.3, 0.4) is 0 Å². The summed E-state index contributed by atoms with van der Waals surface area (Å²) >= 11 is 0. The molecule has 2 heterocycles. The highest BCUT2D eigenvalue weighted by molar-refractivity contribution is 5.85. The van der Waals surface area contributed by atoms with E-state index < -0.39 is 0 Å². The van der Waals surface area contributed by atoms with Crippen molar-refractivity contribution in [2.45, 2.75) is 25.3 Å². The van der Waals surface area contributed by atoms with Crippen LogP contribution < -0.4 is 10.6 Å². The second kappa shape index (κ2) is 5.99. The second-order valence-electron chi connectivity index (χ2n) is 5.39. The number of carbonyl (C=O) groups excluding carboxylic acids is 1. The fourth-order valence-electron chi connectivity index (χ4n) is 2.69. The number of aryl methyl sites for hydroxylation is 2. The van der Waals surface area contributed by atoms with E-state index in [1.165, 1.54) is 5.56 Å². The number of nitrogens with one attached hydrogen (secondary N) is 2. The van der Waals surface area contributed by atoms with Gasteiger partial charge in [-0.1, -0.05) is 18.2 Å². The van der Waals surface area contributed by atoms with Gasteiger partial charge < -0.3 is 15.2 Å². The summed E-state index contributed by atoms with van der Waals surface area (Å²) in [6, 6.07) is 8.03. The van der Waals surface area contributed by atoms with E-state index in [4.69, 9.17) is 0 Å². The molecule has 1 atom stereocenters. The molecule has 5 nitrogen and oxygen atoms in total. The molecular formula is C16H20N4O. The summed E-state index contributed by atoms with van der Waals surface area (Å²) in [5, 5.41) is 6.31. The van der Waals surface area contributed by atoms with Gasteiger partial charge >= 0.3 is 0 Å². The largest absolute Gasteiger partial charge is 0.373 e. The first-order chi connectivity index (χ1) is 10.2. The van der Waals surface area contributed by atoms with E-state index in [9.17, 15) is 4.79 Å². The number of aromatic nitrogens is 2. The Morgan fingerprint density at radius 1 is 1.48 bits per heavy atom. The van der Waals surface area contributed by atoms with E-state index in [2.05, 4.69) is 21.7 Å². The summed E-state index contributed by atoms with van der Waals surface area (Å²) in [7, 11) is 1.96.